The van der Waals surface area contributed by atoms with E-state index in [1.165, 1.54) is 23.4 Å². The van der Waals surface area contributed by atoms with E-state index >= 15 is 0 Å². The lowest BCUT2D eigenvalue weighted by molar-refractivity contribution is -0.141. The first kappa shape index (κ1) is 21.4. The number of hydrogen-bond donors (Lipinski definition) is 0. The van der Waals surface area contributed by atoms with Crippen LogP contribution in [0.25, 0.3) is 5.69 Å². The number of benzene rings is 1. The molecule has 2 aromatic heterocycles. The first-order chi connectivity index (χ1) is 15.8. The van der Waals surface area contributed by atoms with Crippen molar-refractivity contribution in [2.45, 2.75) is 43.9 Å². The molecule has 1 aromatic carbocycles. The molecule has 2 saturated heterocycles. The highest BCUT2D eigenvalue weighted by molar-refractivity contribution is 5.98. The summed E-state index contributed by atoms with van der Waals surface area (Å²) in [5, 5.41) is 8.33. The van der Waals surface area contributed by atoms with Crippen molar-refractivity contribution >= 4 is 5.91 Å². The van der Waals surface area contributed by atoms with Crippen LogP contribution in [0.3, 0.4) is 0 Å². The fourth-order valence-corrected chi connectivity index (χ4v) is 4.99. The second-order valence-electron chi connectivity index (χ2n) is 8.30. The zero-order valence-electron chi connectivity index (χ0n) is 17.7. The Morgan fingerprint density at radius 3 is 2.61 bits per heavy atom. The van der Waals surface area contributed by atoms with E-state index in [9.17, 15) is 18.0 Å². The SMILES string of the molecule is COc1ccc(C(=O)N2C3CCC2C(Cc2cnc(C(F)(F)F)cn2)C3)c(-n2nccn2)c1. The number of rotatable bonds is 5. The van der Waals surface area contributed by atoms with Crippen molar-refractivity contribution in [2.24, 2.45) is 5.92 Å². The molecular weight excluding hydrogens is 437 g/mol. The van der Waals surface area contributed by atoms with Gasteiger partial charge in [0, 0.05) is 24.3 Å². The van der Waals surface area contributed by atoms with Crippen molar-refractivity contribution < 1.29 is 22.7 Å². The number of alkyl halides is 3. The third-order valence-corrected chi connectivity index (χ3v) is 6.44. The van der Waals surface area contributed by atoms with Crippen LogP contribution in [0.5, 0.6) is 5.75 Å². The third-order valence-electron chi connectivity index (χ3n) is 6.44. The zero-order chi connectivity index (χ0) is 23.2. The zero-order valence-corrected chi connectivity index (χ0v) is 17.7. The average Bonchev–Trinajstić information content (AvgIpc) is 3.55. The van der Waals surface area contributed by atoms with Crippen LogP contribution in [-0.2, 0) is 12.6 Å². The van der Waals surface area contributed by atoms with Crippen LogP contribution in [0.4, 0.5) is 13.2 Å². The lowest BCUT2D eigenvalue weighted by atomic mass is 9.86. The molecule has 172 valence electrons. The number of carbonyl (C=O) groups is 1. The van der Waals surface area contributed by atoms with Crippen LogP contribution < -0.4 is 4.74 Å². The Kier molecular flexibility index (Phi) is 5.26. The molecule has 0 saturated carbocycles. The smallest absolute Gasteiger partial charge is 0.434 e. The molecule has 0 radical (unpaired) electrons. The lowest BCUT2D eigenvalue weighted by Gasteiger charge is -2.25. The predicted octanol–water partition coefficient (Wildman–Crippen LogP) is 3.32. The number of methoxy groups -OCH3 is 1. The van der Waals surface area contributed by atoms with E-state index in [-0.39, 0.29) is 23.9 Å². The highest BCUT2D eigenvalue weighted by Crippen LogP contribution is 2.44. The Balaban J connectivity index is 1.38. The van der Waals surface area contributed by atoms with Gasteiger partial charge in [-0.15, -0.1) is 0 Å². The summed E-state index contributed by atoms with van der Waals surface area (Å²) in [6, 6.07) is 5.24. The lowest BCUT2D eigenvalue weighted by Crippen LogP contribution is -2.37. The summed E-state index contributed by atoms with van der Waals surface area (Å²) in [4.78, 5) is 24.4. The van der Waals surface area contributed by atoms with Crippen LogP contribution in [0, 0.1) is 5.92 Å². The van der Waals surface area contributed by atoms with Gasteiger partial charge in [0.05, 0.1) is 37.0 Å². The minimum Gasteiger partial charge on any atom is -0.497 e. The van der Waals surface area contributed by atoms with Crippen molar-refractivity contribution in [3.63, 3.8) is 0 Å². The van der Waals surface area contributed by atoms with Crippen molar-refractivity contribution in [1.82, 2.24) is 29.9 Å². The molecule has 0 N–H and O–H groups in total. The monoisotopic (exact) mass is 458 g/mol. The van der Waals surface area contributed by atoms with E-state index in [2.05, 4.69) is 20.2 Å². The molecule has 5 rings (SSSR count). The van der Waals surface area contributed by atoms with Crippen molar-refractivity contribution in [1.29, 1.82) is 0 Å². The average molecular weight is 458 g/mol. The summed E-state index contributed by atoms with van der Waals surface area (Å²) < 4.78 is 43.6. The van der Waals surface area contributed by atoms with Gasteiger partial charge in [-0.05, 0) is 43.7 Å². The Morgan fingerprint density at radius 1 is 1.15 bits per heavy atom. The number of fused-ring (bicyclic) bond motifs is 2. The fraction of sp³-hybridized carbons (Fsp3) is 0.409. The molecule has 4 heterocycles. The van der Waals surface area contributed by atoms with Crippen molar-refractivity contribution in [2.75, 3.05) is 7.11 Å². The maximum absolute atomic E-state index is 13.6. The van der Waals surface area contributed by atoms with Crippen LogP contribution in [-0.4, -0.2) is 55.0 Å². The van der Waals surface area contributed by atoms with Gasteiger partial charge in [-0.1, -0.05) is 0 Å². The number of hydrogen-bond acceptors (Lipinski definition) is 6. The molecule has 0 spiro atoms. The van der Waals surface area contributed by atoms with Gasteiger partial charge in [-0.25, -0.2) is 4.98 Å². The molecule has 2 aliphatic heterocycles. The number of halogens is 3. The highest BCUT2D eigenvalue weighted by Gasteiger charge is 2.49. The van der Waals surface area contributed by atoms with E-state index in [1.807, 2.05) is 4.90 Å². The summed E-state index contributed by atoms with van der Waals surface area (Å²) in [6.45, 7) is 0. The van der Waals surface area contributed by atoms with Gasteiger partial charge in [0.2, 0.25) is 0 Å². The van der Waals surface area contributed by atoms with E-state index in [0.717, 1.165) is 25.5 Å². The van der Waals surface area contributed by atoms with Crippen molar-refractivity contribution in [3.05, 3.63) is 59.9 Å². The molecule has 2 bridgehead atoms. The van der Waals surface area contributed by atoms with Gasteiger partial charge < -0.3 is 9.64 Å². The van der Waals surface area contributed by atoms with E-state index in [0.29, 0.717) is 29.1 Å². The minimum atomic E-state index is -4.51. The molecule has 8 nitrogen and oxygen atoms in total. The van der Waals surface area contributed by atoms with Gasteiger partial charge in [-0.2, -0.15) is 28.2 Å². The third kappa shape index (κ3) is 3.91. The maximum Gasteiger partial charge on any atom is 0.434 e. The molecule has 1 amide bonds. The normalized spacial score (nSPS) is 22.1. The summed E-state index contributed by atoms with van der Waals surface area (Å²) >= 11 is 0. The molecule has 11 heteroatoms. The van der Waals surface area contributed by atoms with E-state index in [1.54, 1.807) is 25.3 Å². The standard InChI is InChI=1S/C22H21F3N6O2/c1-33-16-3-4-17(19(10-16)31-28-6-7-29-31)21(32)30-15-2-5-18(30)13(9-15)8-14-11-27-20(12-26-14)22(23,24)25/h3-4,6-7,10-13,15,18H,2,5,8-9H2,1H3. The van der Waals surface area contributed by atoms with Crippen LogP contribution in [0.2, 0.25) is 0 Å². The molecule has 0 aliphatic carbocycles. The Morgan fingerprint density at radius 2 is 1.94 bits per heavy atom. The summed E-state index contributed by atoms with van der Waals surface area (Å²) in [7, 11) is 1.55. The van der Waals surface area contributed by atoms with Crippen LogP contribution >= 0.6 is 0 Å². The summed E-state index contributed by atoms with van der Waals surface area (Å²) in [6.07, 6.45) is 3.52. The second kappa shape index (κ2) is 8.13. The van der Waals surface area contributed by atoms with Gasteiger partial charge >= 0.3 is 6.18 Å². The number of ether oxygens (including phenoxy) is 1. The number of nitrogens with zero attached hydrogens (tertiary/aromatic N) is 6. The Hall–Kier alpha value is -3.50. The molecule has 2 aliphatic rings. The van der Waals surface area contributed by atoms with E-state index < -0.39 is 11.9 Å². The van der Waals surface area contributed by atoms with Gasteiger partial charge in [-0.3, -0.25) is 9.78 Å². The Bertz CT molecular complexity index is 1150. The van der Waals surface area contributed by atoms with Crippen LogP contribution in [0.1, 0.15) is 41.0 Å². The molecule has 3 unspecified atom stereocenters. The summed E-state index contributed by atoms with van der Waals surface area (Å²) in [5.41, 5.74) is 0.494. The topological polar surface area (TPSA) is 86.0 Å². The fourth-order valence-electron chi connectivity index (χ4n) is 4.99. The number of carbonyl (C=O) groups excluding carboxylic acids is 1. The number of amides is 1. The molecule has 33 heavy (non-hydrogen) atoms. The number of aromatic nitrogens is 5. The van der Waals surface area contributed by atoms with Gasteiger partial charge in [0.1, 0.15) is 11.4 Å². The van der Waals surface area contributed by atoms with Crippen molar-refractivity contribution in [3.8, 4) is 11.4 Å². The molecule has 2 fully saturated rings. The minimum absolute atomic E-state index is 0.00729. The van der Waals surface area contributed by atoms with E-state index in [4.69, 9.17) is 4.74 Å². The van der Waals surface area contributed by atoms with Gasteiger partial charge in [0.15, 0.2) is 5.69 Å². The predicted molar refractivity (Wildman–Crippen MR) is 110 cm³/mol. The maximum atomic E-state index is 13.6. The van der Waals surface area contributed by atoms with Gasteiger partial charge in [0.25, 0.3) is 5.91 Å². The first-order valence-electron chi connectivity index (χ1n) is 10.6. The summed E-state index contributed by atoms with van der Waals surface area (Å²) in [5.74, 6) is 0.587. The Labute approximate surface area is 187 Å². The molecule has 3 atom stereocenters. The molecule has 3 aromatic rings. The quantitative estimate of drug-likeness (QED) is 0.583. The first-order valence-corrected chi connectivity index (χ1v) is 10.6. The van der Waals surface area contributed by atoms with Crippen LogP contribution in [0.15, 0.2) is 43.0 Å². The highest BCUT2D eigenvalue weighted by atomic mass is 19.4. The molecular formula is C22H21F3N6O2. The second-order valence-corrected chi connectivity index (χ2v) is 8.30. The largest absolute Gasteiger partial charge is 0.497 e.